The molecule has 0 saturated carbocycles. The van der Waals surface area contributed by atoms with Gasteiger partial charge in [-0.2, -0.15) is 0 Å². The Morgan fingerprint density at radius 3 is 2.96 bits per heavy atom. The van der Waals surface area contributed by atoms with Gasteiger partial charge >= 0.3 is 0 Å². The molecule has 0 saturated heterocycles. The average molecular weight is 341 g/mol. The fraction of sp³-hybridized carbons (Fsp3) is 0.278. The van der Waals surface area contributed by atoms with E-state index in [1.807, 2.05) is 30.3 Å². The SMILES string of the molecule is C[C@@H](O)CN(C)C(=O)c1coc(COc2cccc3cccnc23)n1. The standard InChI is InChI=1S/C18H19N3O4/c1-12(22)9-21(2)18(23)14-10-25-16(20-14)11-24-15-7-3-5-13-6-4-8-19-17(13)15/h3-8,10,12,22H,9,11H2,1-2H3/t12-/m1/s1. The van der Waals surface area contributed by atoms with Crippen LogP contribution in [0.4, 0.5) is 0 Å². The summed E-state index contributed by atoms with van der Waals surface area (Å²) < 4.78 is 11.0. The van der Waals surface area contributed by atoms with Gasteiger partial charge in [-0.3, -0.25) is 9.78 Å². The maximum Gasteiger partial charge on any atom is 0.275 e. The Kier molecular flexibility index (Phi) is 4.95. The molecule has 1 aromatic carbocycles. The van der Waals surface area contributed by atoms with E-state index >= 15 is 0 Å². The van der Waals surface area contributed by atoms with Gasteiger partial charge in [0.2, 0.25) is 5.89 Å². The number of fused-ring (bicyclic) bond motifs is 1. The van der Waals surface area contributed by atoms with E-state index in [2.05, 4.69) is 9.97 Å². The van der Waals surface area contributed by atoms with Crippen molar-refractivity contribution in [2.75, 3.05) is 13.6 Å². The van der Waals surface area contributed by atoms with Crippen LogP contribution < -0.4 is 4.74 Å². The number of aliphatic hydroxyl groups is 1. The van der Waals surface area contributed by atoms with Gasteiger partial charge in [0.1, 0.15) is 17.5 Å². The zero-order valence-corrected chi connectivity index (χ0v) is 14.0. The van der Waals surface area contributed by atoms with Crippen LogP contribution in [-0.2, 0) is 6.61 Å². The van der Waals surface area contributed by atoms with Gasteiger partial charge in [0, 0.05) is 25.2 Å². The zero-order chi connectivity index (χ0) is 17.8. The smallest absolute Gasteiger partial charge is 0.275 e. The average Bonchev–Trinajstić information content (AvgIpc) is 3.07. The van der Waals surface area contributed by atoms with Crippen molar-refractivity contribution in [3.63, 3.8) is 0 Å². The van der Waals surface area contributed by atoms with E-state index in [4.69, 9.17) is 9.15 Å². The summed E-state index contributed by atoms with van der Waals surface area (Å²) in [5.74, 6) is 0.597. The molecule has 0 aliphatic heterocycles. The number of carbonyl (C=O) groups excluding carboxylic acids is 1. The third kappa shape index (κ3) is 3.95. The quantitative estimate of drug-likeness (QED) is 0.740. The molecular formula is C18H19N3O4. The van der Waals surface area contributed by atoms with Gasteiger partial charge in [0.05, 0.1) is 6.10 Å². The number of oxazole rings is 1. The van der Waals surface area contributed by atoms with Gasteiger partial charge < -0.3 is 19.2 Å². The highest BCUT2D eigenvalue weighted by Crippen LogP contribution is 2.23. The molecule has 2 heterocycles. The minimum Gasteiger partial charge on any atom is -0.482 e. The Balaban J connectivity index is 1.68. The molecule has 7 heteroatoms. The second-order valence-electron chi connectivity index (χ2n) is 5.78. The summed E-state index contributed by atoms with van der Waals surface area (Å²) in [6, 6.07) is 9.47. The second-order valence-corrected chi connectivity index (χ2v) is 5.78. The molecule has 0 spiro atoms. The number of pyridine rings is 1. The number of benzene rings is 1. The van der Waals surface area contributed by atoms with Crippen LogP contribution in [0, 0.1) is 0 Å². The van der Waals surface area contributed by atoms with Crippen LogP contribution in [0.2, 0.25) is 0 Å². The van der Waals surface area contributed by atoms with Crippen molar-refractivity contribution in [2.45, 2.75) is 19.6 Å². The molecule has 3 rings (SSSR count). The van der Waals surface area contributed by atoms with Gasteiger partial charge in [0.15, 0.2) is 12.3 Å². The van der Waals surface area contributed by atoms with E-state index < -0.39 is 6.10 Å². The van der Waals surface area contributed by atoms with Crippen LogP contribution in [0.5, 0.6) is 5.75 Å². The van der Waals surface area contributed by atoms with Gasteiger partial charge in [-0.25, -0.2) is 4.98 Å². The lowest BCUT2D eigenvalue weighted by atomic mass is 10.2. The normalized spacial score (nSPS) is 12.1. The minimum atomic E-state index is -0.609. The summed E-state index contributed by atoms with van der Waals surface area (Å²) in [5, 5.41) is 10.3. The highest BCUT2D eigenvalue weighted by Gasteiger charge is 2.18. The van der Waals surface area contributed by atoms with Crippen molar-refractivity contribution < 1.29 is 19.1 Å². The van der Waals surface area contributed by atoms with Crippen molar-refractivity contribution in [2.24, 2.45) is 0 Å². The Morgan fingerprint density at radius 1 is 1.36 bits per heavy atom. The van der Waals surface area contributed by atoms with Crippen LogP contribution in [0.3, 0.4) is 0 Å². The Bertz CT molecular complexity index is 870. The molecule has 1 amide bonds. The molecule has 25 heavy (non-hydrogen) atoms. The first-order valence-electron chi connectivity index (χ1n) is 7.89. The number of aliphatic hydroxyl groups excluding tert-OH is 1. The number of rotatable bonds is 6. The molecule has 0 unspecified atom stereocenters. The van der Waals surface area contributed by atoms with E-state index in [1.54, 1.807) is 20.2 Å². The van der Waals surface area contributed by atoms with Gasteiger partial charge in [-0.1, -0.05) is 18.2 Å². The zero-order valence-electron chi connectivity index (χ0n) is 14.0. The number of para-hydroxylation sites is 1. The van der Waals surface area contributed by atoms with E-state index in [0.29, 0.717) is 11.6 Å². The number of hydrogen-bond donors (Lipinski definition) is 1. The third-order valence-electron chi connectivity index (χ3n) is 3.60. The van der Waals surface area contributed by atoms with E-state index in [0.717, 1.165) is 10.9 Å². The van der Waals surface area contributed by atoms with E-state index in [9.17, 15) is 9.90 Å². The molecular weight excluding hydrogens is 322 g/mol. The monoisotopic (exact) mass is 341 g/mol. The summed E-state index contributed by atoms with van der Waals surface area (Å²) in [6.07, 6.45) is 2.39. The van der Waals surface area contributed by atoms with Gasteiger partial charge in [0.25, 0.3) is 5.91 Å². The third-order valence-corrected chi connectivity index (χ3v) is 3.60. The Labute approximate surface area is 144 Å². The molecule has 0 radical (unpaired) electrons. The molecule has 130 valence electrons. The lowest BCUT2D eigenvalue weighted by molar-refractivity contribution is 0.0698. The number of carbonyl (C=O) groups is 1. The summed E-state index contributed by atoms with van der Waals surface area (Å²) in [7, 11) is 1.60. The number of amides is 1. The van der Waals surface area contributed by atoms with Crippen molar-refractivity contribution in [1.82, 2.24) is 14.9 Å². The van der Waals surface area contributed by atoms with Crippen LogP contribution in [-0.4, -0.2) is 45.6 Å². The summed E-state index contributed by atoms with van der Waals surface area (Å²) in [4.78, 5) is 22.0. The van der Waals surface area contributed by atoms with Crippen LogP contribution >= 0.6 is 0 Å². The Morgan fingerprint density at radius 2 is 2.16 bits per heavy atom. The molecule has 0 aliphatic carbocycles. The van der Waals surface area contributed by atoms with Crippen molar-refractivity contribution >= 4 is 16.8 Å². The Hall–Kier alpha value is -2.93. The molecule has 1 N–H and O–H groups in total. The van der Waals surface area contributed by atoms with Gasteiger partial charge in [-0.15, -0.1) is 0 Å². The lowest BCUT2D eigenvalue weighted by Gasteiger charge is -2.16. The predicted molar refractivity (Wildman–Crippen MR) is 91.2 cm³/mol. The molecule has 0 aliphatic rings. The van der Waals surface area contributed by atoms with Crippen LogP contribution in [0.1, 0.15) is 23.3 Å². The highest BCUT2D eigenvalue weighted by atomic mass is 16.5. The summed E-state index contributed by atoms with van der Waals surface area (Å²) in [6.45, 7) is 1.92. The molecule has 0 bridgehead atoms. The molecule has 0 fully saturated rings. The molecule has 7 nitrogen and oxygen atoms in total. The van der Waals surface area contributed by atoms with E-state index in [1.165, 1.54) is 11.2 Å². The maximum atomic E-state index is 12.2. The summed E-state index contributed by atoms with van der Waals surface area (Å²) in [5.41, 5.74) is 0.933. The van der Waals surface area contributed by atoms with Crippen LogP contribution in [0.25, 0.3) is 10.9 Å². The van der Waals surface area contributed by atoms with Gasteiger partial charge in [-0.05, 0) is 19.1 Å². The fourth-order valence-corrected chi connectivity index (χ4v) is 2.48. The van der Waals surface area contributed by atoms with Crippen molar-refractivity contribution in [1.29, 1.82) is 0 Å². The molecule has 3 aromatic rings. The maximum absolute atomic E-state index is 12.2. The topological polar surface area (TPSA) is 88.7 Å². The number of nitrogens with zero attached hydrogens (tertiary/aromatic N) is 3. The first-order valence-corrected chi connectivity index (χ1v) is 7.89. The first-order chi connectivity index (χ1) is 12.0. The van der Waals surface area contributed by atoms with Crippen molar-refractivity contribution in [3.8, 4) is 5.75 Å². The van der Waals surface area contributed by atoms with E-state index in [-0.39, 0.29) is 24.8 Å². The largest absolute Gasteiger partial charge is 0.482 e. The first kappa shape index (κ1) is 16.9. The number of hydrogen-bond acceptors (Lipinski definition) is 6. The van der Waals surface area contributed by atoms with Crippen LogP contribution in [0.15, 0.2) is 47.2 Å². The number of aromatic nitrogens is 2. The molecule has 2 aromatic heterocycles. The summed E-state index contributed by atoms with van der Waals surface area (Å²) >= 11 is 0. The highest BCUT2D eigenvalue weighted by molar-refractivity contribution is 5.91. The number of ether oxygens (including phenoxy) is 1. The minimum absolute atomic E-state index is 0.0864. The number of likely N-dealkylation sites (N-methyl/N-ethyl adjacent to an activating group) is 1. The molecule has 1 atom stereocenters. The van der Waals surface area contributed by atoms with Crippen molar-refractivity contribution in [3.05, 3.63) is 54.4 Å². The fourth-order valence-electron chi connectivity index (χ4n) is 2.48. The lowest BCUT2D eigenvalue weighted by Crippen LogP contribution is -2.33. The predicted octanol–water partition coefficient (Wildman–Crippen LogP) is 2.25. The second kappa shape index (κ2) is 7.31.